The summed E-state index contributed by atoms with van der Waals surface area (Å²) in [6.07, 6.45) is 3.42. The number of nitrogens with zero attached hydrogens (tertiary/aromatic N) is 4. The zero-order chi connectivity index (χ0) is 17.6. The fourth-order valence-electron chi connectivity index (χ4n) is 2.80. The normalized spacial score (nSPS) is 14.3. The van der Waals surface area contributed by atoms with Crippen molar-refractivity contribution in [3.05, 3.63) is 53.9 Å². The Bertz CT molecular complexity index is 742. The maximum atomic E-state index is 12.3. The second-order valence-electron chi connectivity index (χ2n) is 5.91. The van der Waals surface area contributed by atoms with Crippen LogP contribution in [0.4, 0.5) is 5.95 Å². The molecule has 0 unspecified atom stereocenters. The topological polar surface area (TPSA) is 78.4 Å². The van der Waals surface area contributed by atoms with Crippen molar-refractivity contribution in [1.29, 1.82) is 0 Å². The van der Waals surface area contributed by atoms with E-state index < -0.39 is 0 Å². The van der Waals surface area contributed by atoms with Crippen LogP contribution >= 0.6 is 0 Å². The van der Waals surface area contributed by atoms with Crippen molar-refractivity contribution in [2.45, 2.75) is 6.92 Å². The second-order valence-corrected chi connectivity index (χ2v) is 5.91. The molecular formula is C18H21N5O2. The molecule has 1 aromatic heterocycles. The number of aryl methyl sites for hydroxylation is 1. The summed E-state index contributed by atoms with van der Waals surface area (Å²) in [5.41, 5.74) is 1.49. The molecule has 25 heavy (non-hydrogen) atoms. The summed E-state index contributed by atoms with van der Waals surface area (Å²) >= 11 is 0. The highest BCUT2D eigenvalue weighted by atomic mass is 16.2. The predicted molar refractivity (Wildman–Crippen MR) is 94.3 cm³/mol. The average molecular weight is 339 g/mol. The number of aromatic nitrogens is 2. The van der Waals surface area contributed by atoms with Crippen LogP contribution in [-0.2, 0) is 4.79 Å². The highest BCUT2D eigenvalue weighted by Gasteiger charge is 2.22. The summed E-state index contributed by atoms with van der Waals surface area (Å²) in [5, 5.41) is 2.71. The monoisotopic (exact) mass is 339 g/mol. The summed E-state index contributed by atoms with van der Waals surface area (Å²) in [4.78, 5) is 36.8. The molecule has 0 spiro atoms. The van der Waals surface area contributed by atoms with Gasteiger partial charge in [0.1, 0.15) is 0 Å². The number of benzene rings is 1. The van der Waals surface area contributed by atoms with Gasteiger partial charge >= 0.3 is 0 Å². The van der Waals surface area contributed by atoms with Gasteiger partial charge in [-0.3, -0.25) is 9.59 Å². The lowest BCUT2D eigenvalue weighted by atomic mass is 10.1. The maximum Gasteiger partial charge on any atom is 0.251 e. The molecule has 1 aliphatic rings. The first kappa shape index (κ1) is 16.9. The molecule has 2 heterocycles. The Hall–Kier alpha value is -2.96. The van der Waals surface area contributed by atoms with Crippen LogP contribution in [0.5, 0.6) is 0 Å². The molecule has 2 aromatic rings. The Balaban J connectivity index is 1.48. The van der Waals surface area contributed by atoms with Gasteiger partial charge in [0, 0.05) is 44.1 Å². The Morgan fingerprint density at radius 2 is 1.72 bits per heavy atom. The quantitative estimate of drug-likeness (QED) is 0.894. The van der Waals surface area contributed by atoms with Crippen LogP contribution in [0.1, 0.15) is 15.9 Å². The summed E-state index contributed by atoms with van der Waals surface area (Å²) in [7, 11) is 0. The zero-order valence-corrected chi connectivity index (χ0v) is 14.2. The summed E-state index contributed by atoms with van der Waals surface area (Å²) in [5.74, 6) is 0.390. The van der Waals surface area contributed by atoms with E-state index in [1.54, 1.807) is 29.4 Å². The Kier molecular flexibility index (Phi) is 5.23. The van der Waals surface area contributed by atoms with Gasteiger partial charge < -0.3 is 15.1 Å². The largest absolute Gasteiger partial charge is 0.343 e. The predicted octanol–water partition coefficient (Wildman–Crippen LogP) is 0.864. The standard InChI is InChI=1S/C18H21N5O2/c1-14-5-2-3-6-15(14)17(25)21-13-16(24)22-9-11-23(12-10-22)18-19-7-4-8-20-18/h2-8H,9-13H2,1H3,(H,21,25). The highest BCUT2D eigenvalue weighted by Crippen LogP contribution is 2.10. The van der Waals surface area contributed by atoms with Crippen molar-refractivity contribution < 1.29 is 9.59 Å². The molecule has 7 heteroatoms. The van der Waals surface area contributed by atoms with Crippen molar-refractivity contribution in [1.82, 2.24) is 20.2 Å². The van der Waals surface area contributed by atoms with E-state index in [0.717, 1.165) is 5.56 Å². The van der Waals surface area contributed by atoms with Crippen LogP contribution < -0.4 is 10.2 Å². The fraction of sp³-hybridized carbons (Fsp3) is 0.333. The molecule has 0 aliphatic carbocycles. The van der Waals surface area contributed by atoms with E-state index in [1.807, 2.05) is 25.1 Å². The van der Waals surface area contributed by atoms with Gasteiger partial charge in [0.05, 0.1) is 6.54 Å². The number of rotatable bonds is 4. The van der Waals surface area contributed by atoms with Gasteiger partial charge in [-0.1, -0.05) is 18.2 Å². The molecule has 0 atom stereocenters. The van der Waals surface area contributed by atoms with E-state index in [0.29, 0.717) is 37.7 Å². The van der Waals surface area contributed by atoms with E-state index in [9.17, 15) is 9.59 Å². The minimum absolute atomic E-state index is 0.00893. The third-order valence-corrected chi connectivity index (χ3v) is 4.26. The van der Waals surface area contributed by atoms with Gasteiger partial charge in [0.25, 0.3) is 5.91 Å². The molecule has 3 rings (SSSR count). The first-order chi connectivity index (χ1) is 12.1. The maximum absolute atomic E-state index is 12.3. The third-order valence-electron chi connectivity index (χ3n) is 4.26. The Labute approximate surface area is 146 Å². The van der Waals surface area contributed by atoms with Gasteiger partial charge in [-0.15, -0.1) is 0 Å². The molecule has 7 nitrogen and oxygen atoms in total. The van der Waals surface area contributed by atoms with Crippen LogP contribution in [0.2, 0.25) is 0 Å². The average Bonchev–Trinajstić information content (AvgIpc) is 2.67. The number of nitrogens with one attached hydrogen (secondary N) is 1. The van der Waals surface area contributed by atoms with E-state index >= 15 is 0 Å². The van der Waals surface area contributed by atoms with E-state index in [2.05, 4.69) is 20.2 Å². The smallest absolute Gasteiger partial charge is 0.251 e. The molecule has 0 bridgehead atoms. The molecule has 1 fully saturated rings. The van der Waals surface area contributed by atoms with Crippen molar-refractivity contribution in [3.63, 3.8) is 0 Å². The van der Waals surface area contributed by atoms with Crippen LogP contribution in [0, 0.1) is 6.92 Å². The second kappa shape index (κ2) is 7.74. The van der Waals surface area contributed by atoms with Crippen LogP contribution in [0.15, 0.2) is 42.7 Å². The molecule has 1 saturated heterocycles. The number of hydrogen-bond acceptors (Lipinski definition) is 5. The first-order valence-electron chi connectivity index (χ1n) is 8.29. The number of hydrogen-bond donors (Lipinski definition) is 1. The zero-order valence-electron chi connectivity index (χ0n) is 14.2. The molecule has 1 N–H and O–H groups in total. The summed E-state index contributed by atoms with van der Waals surface area (Å²) < 4.78 is 0. The Morgan fingerprint density at radius 3 is 2.40 bits per heavy atom. The minimum atomic E-state index is -0.220. The number of carbonyl (C=O) groups is 2. The van der Waals surface area contributed by atoms with Gasteiger partial charge in [0.15, 0.2) is 0 Å². The molecule has 0 saturated carbocycles. The lowest BCUT2D eigenvalue weighted by Gasteiger charge is -2.34. The molecule has 2 amide bonds. The van der Waals surface area contributed by atoms with Crippen molar-refractivity contribution >= 4 is 17.8 Å². The van der Waals surface area contributed by atoms with Gasteiger partial charge in [-0.05, 0) is 24.6 Å². The van der Waals surface area contributed by atoms with E-state index in [4.69, 9.17) is 0 Å². The minimum Gasteiger partial charge on any atom is -0.343 e. The number of carbonyl (C=O) groups excluding carboxylic acids is 2. The number of piperazine rings is 1. The van der Waals surface area contributed by atoms with Crippen molar-refractivity contribution in [2.24, 2.45) is 0 Å². The van der Waals surface area contributed by atoms with Crippen molar-refractivity contribution in [3.8, 4) is 0 Å². The molecule has 1 aromatic carbocycles. The highest BCUT2D eigenvalue weighted by molar-refractivity contribution is 5.97. The molecule has 0 radical (unpaired) electrons. The van der Waals surface area contributed by atoms with E-state index in [-0.39, 0.29) is 18.4 Å². The third kappa shape index (κ3) is 4.12. The molecule has 1 aliphatic heterocycles. The molecular weight excluding hydrogens is 318 g/mol. The number of amides is 2. The van der Waals surface area contributed by atoms with Crippen LogP contribution in [0.3, 0.4) is 0 Å². The SMILES string of the molecule is Cc1ccccc1C(=O)NCC(=O)N1CCN(c2ncccn2)CC1. The van der Waals surface area contributed by atoms with Crippen LogP contribution in [-0.4, -0.2) is 59.4 Å². The van der Waals surface area contributed by atoms with Gasteiger partial charge in [0.2, 0.25) is 11.9 Å². The van der Waals surface area contributed by atoms with Gasteiger partial charge in [-0.25, -0.2) is 9.97 Å². The summed E-state index contributed by atoms with van der Waals surface area (Å²) in [6.45, 7) is 4.44. The van der Waals surface area contributed by atoms with Crippen LogP contribution in [0.25, 0.3) is 0 Å². The van der Waals surface area contributed by atoms with E-state index in [1.165, 1.54) is 0 Å². The lowest BCUT2D eigenvalue weighted by Crippen LogP contribution is -2.51. The summed E-state index contributed by atoms with van der Waals surface area (Å²) in [6, 6.07) is 9.11. The first-order valence-corrected chi connectivity index (χ1v) is 8.29. The fourth-order valence-corrected chi connectivity index (χ4v) is 2.80. The number of anilines is 1. The lowest BCUT2D eigenvalue weighted by molar-refractivity contribution is -0.130. The molecule has 130 valence electrons. The van der Waals surface area contributed by atoms with Crippen molar-refractivity contribution in [2.75, 3.05) is 37.6 Å². The Morgan fingerprint density at radius 1 is 1.04 bits per heavy atom. The van der Waals surface area contributed by atoms with Gasteiger partial charge in [-0.2, -0.15) is 0 Å².